The highest BCUT2D eigenvalue weighted by molar-refractivity contribution is 7.22. The molecule has 0 saturated carbocycles. The normalized spacial score (nSPS) is 11.5. The third kappa shape index (κ3) is 5.75. The third-order valence-corrected chi connectivity index (χ3v) is 6.83. The Labute approximate surface area is 218 Å². The molecule has 0 amide bonds. The predicted molar refractivity (Wildman–Crippen MR) is 148 cm³/mol. The zero-order valence-corrected chi connectivity index (χ0v) is 22.4. The van der Waals surface area contributed by atoms with Gasteiger partial charge in [-0.2, -0.15) is 0 Å². The summed E-state index contributed by atoms with van der Waals surface area (Å²) >= 11 is 7.66. The molecule has 36 heavy (non-hydrogen) atoms. The summed E-state index contributed by atoms with van der Waals surface area (Å²) in [6, 6.07) is 15.6. The van der Waals surface area contributed by atoms with E-state index in [1.165, 1.54) is 0 Å². The standard InChI is InChI=1S/C24H18ClN3O2S.C4H10O/c1-13-9-19-23(22(17(13)11-21(29)30)14-3-6-16(25)7-4-14)31-24(27-19)15-5-8-20-18(10-15)26-12-28(20)2;1-4(2,3)5/h3-10,12H,11H2,1-2H3,(H,29,30);5H,1-3H3. The molecule has 186 valence electrons. The van der Waals surface area contributed by atoms with E-state index < -0.39 is 11.6 Å². The molecule has 6 nitrogen and oxygen atoms in total. The van der Waals surface area contributed by atoms with Crippen LogP contribution in [0.25, 0.3) is 42.9 Å². The highest BCUT2D eigenvalue weighted by Gasteiger charge is 2.19. The molecule has 0 fully saturated rings. The maximum absolute atomic E-state index is 11.6. The van der Waals surface area contributed by atoms with Crippen LogP contribution in [0.5, 0.6) is 0 Å². The Morgan fingerprint density at radius 3 is 2.33 bits per heavy atom. The van der Waals surface area contributed by atoms with Gasteiger partial charge in [0.25, 0.3) is 0 Å². The van der Waals surface area contributed by atoms with E-state index in [1.807, 2.05) is 61.0 Å². The smallest absolute Gasteiger partial charge is 0.307 e. The number of aliphatic hydroxyl groups is 1. The van der Waals surface area contributed by atoms with Crippen molar-refractivity contribution in [1.29, 1.82) is 0 Å². The topological polar surface area (TPSA) is 88.2 Å². The summed E-state index contributed by atoms with van der Waals surface area (Å²) in [5, 5.41) is 19.6. The van der Waals surface area contributed by atoms with E-state index in [1.54, 1.807) is 38.4 Å². The number of imidazole rings is 1. The minimum Gasteiger partial charge on any atom is -0.481 e. The molecule has 0 saturated heterocycles. The summed E-state index contributed by atoms with van der Waals surface area (Å²) in [6.07, 6.45) is 1.75. The molecular weight excluding hydrogens is 494 g/mol. The number of aliphatic carboxylic acids is 1. The first-order chi connectivity index (χ1) is 16.9. The van der Waals surface area contributed by atoms with Crippen molar-refractivity contribution in [2.24, 2.45) is 7.05 Å². The number of benzene rings is 3. The number of rotatable bonds is 4. The van der Waals surface area contributed by atoms with Gasteiger partial charge in [-0.3, -0.25) is 4.79 Å². The molecule has 3 aromatic carbocycles. The average Bonchev–Trinajstić information content (AvgIpc) is 3.37. The number of hydrogen-bond acceptors (Lipinski definition) is 5. The molecule has 8 heteroatoms. The van der Waals surface area contributed by atoms with Crippen LogP contribution in [0.4, 0.5) is 0 Å². The van der Waals surface area contributed by atoms with Gasteiger partial charge in [0.1, 0.15) is 5.01 Å². The lowest BCUT2D eigenvalue weighted by Gasteiger charge is -2.13. The zero-order chi connectivity index (χ0) is 26.2. The largest absolute Gasteiger partial charge is 0.481 e. The molecule has 0 atom stereocenters. The molecule has 2 N–H and O–H groups in total. The van der Waals surface area contributed by atoms with E-state index in [9.17, 15) is 9.90 Å². The first-order valence-corrected chi connectivity index (χ1v) is 12.6. The van der Waals surface area contributed by atoms with Crippen LogP contribution >= 0.6 is 22.9 Å². The highest BCUT2D eigenvalue weighted by Crippen LogP contribution is 2.41. The van der Waals surface area contributed by atoms with Crippen LogP contribution in [0, 0.1) is 6.92 Å². The van der Waals surface area contributed by atoms with Crippen molar-refractivity contribution in [3.8, 4) is 21.7 Å². The molecule has 0 unspecified atom stereocenters. The SMILES string of the molecule is CC(C)(C)O.Cc1cc2nc(-c3ccc4c(c3)ncn4C)sc2c(-c2ccc(Cl)cc2)c1CC(=O)O. The number of carboxylic acid groups (broad SMARTS) is 1. The number of carbonyl (C=O) groups is 1. The van der Waals surface area contributed by atoms with Gasteiger partial charge in [0, 0.05) is 23.2 Å². The van der Waals surface area contributed by atoms with Crippen molar-refractivity contribution in [2.45, 2.75) is 39.7 Å². The molecule has 0 aliphatic rings. The first kappa shape index (κ1) is 25.8. The van der Waals surface area contributed by atoms with Gasteiger partial charge in [0.05, 0.1) is 39.6 Å². The van der Waals surface area contributed by atoms with E-state index in [2.05, 4.69) is 11.1 Å². The molecule has 0 aliphatic heterocycles. The van der Waals surface area contributed by atoms with Gasteiger partial charge < -0.3 is 14.8 Å². The molecule has 0 aliphatic carbocycles. The lowest BCUT2D eigenvalue weighted by Crippen LogP contribution is -2.10. The second kappa shape index (κ2) is 10.0. The quantitative estimate of drug-likeness (QED) is 0.269. The second-order valence-electron chi connectivity index (χ2n) is 9.72. The number of thiazole rings is 1. The summed E-state index contributed by atoms with van der Waals surface area (Å²) in [5.41, 5.74) is 6.90. The van der Waals surface area contributed by atoms with Crippen LogP contribution in [0.3, 0.4) is 0 Å². The number of carboxylic acids is 1. The zero-order valence-electron chi connectivity index (χ0n) is 20.8. The number of fused-ring (bicyclic) bond motifs is 2. The van der Waals surface area contributed by atoms with Crippen molar-refractivity contribution in [2.75, 3.05) is 0 Å². The van der Waals surface area contributed by atoms with Crippen molar-refractivity contribution >= 4 is 50.2 Å². The van der Waals surface area contributed by atoms with Crippen LogP contribution in [-0.2, 0) is 18.3 Å². The molecule has 0 bridgehead atoms. The highest BCUT2D eigenvalue weighted by atomic mass is 35.5. The third-order valence-electron chi connectivity index (χ3n) is 5.44. The number of hydrogen-bond donors (Lipinski definition) is 2. The Morgan fingerprint density at radius 1 is 1.06 bits per heavy atom. The van der Waals surface area contributed by atoms with E-state index in [-0.39, 0.29) is 6.42 Å². The average molecular weight is 522 g/mol. The van der Waals surface area contributed by atoms with E-state index in [0.29, 0.717) is 5.02 Å². The fourth-order valence-electron chi connectivity index (χ4n) is 3.93. The van der Waals surface area contributed by atoms with Crippen LogP contribution in [-0.4, -0.2) is 36.3 Å². The van der Waals surface area contributed by atoms with Gasteiger partial charge in [0.2, 0.25) is 0 Å². The molecule has 0 radical (unpaired) electrons. The fraction of sp³-hybridized carbons (Fsp3) is 0.250. The van der Waals surface area contributed by atoms with Crippen molar-refractivity contribution in [3.05, 3.63) is 71.0 Å². The fourth-order valence-corrected chi connectivity index (χ4v) is 5.19. The van der Waals surface area contributed by atoms with Gasteiger partial charge in [0.15, 0.2) is 0 Å². The van der Waals surface area contributed by atoms with Gasteiger partial charge in [-0.05, 0) is 80.8 Å². The Balaban J connectivity index is 0.000000556. The first-order valence-electron chi connectivity index (χ1n) is 11.5. The summed E-state index contributed by atoms with van der Waals surface area (Å²) in [5.74, 6) is -0.858. The lowest BCUT2D eigenvalue weighted by molar-refractivity contribution is -0.136. The number of aromatic nitrogens is 3. The second-order valence-corrected chi connectivity index (χ2v) is 11.2. The van der Waals surface area contributed by atoms with E-state index in [0.717, 1.165) is 54.1 Å². The monoisotopic (exact) mass is 521 g/mol. The maximum Gasteiger partial charge on any atom is 0.307 e. The predicted octanol–water partition coefficient (Wildman–Crippen LogP) is 6.88. The Bertz CT molecular complexity index is 1560. The van der Waals surface area contributed by atoms with Crippen LogP contribution < -0.4 is 0 Å². The molecule has 5 aromatic rings. The maximum atomic E-state index is 11.6. The number of aryl methyl sites for hydroxylation is 2. The van der Waals surface area contributed by atoms with Crippen LogP contribution in [0.2, 0.25) is 5.02 Å². The lowest BCUT2D eigenvalue weighted by atomic mass is 9.93. The summed E-state index contributed by atoms with van der Waals surface area (Å²) in [6.45, 7) is 7.17. The Morgan fingerprint density at radius 2 is 1.69 bits per heavy atom. The van der Waals surface area contributed by atoms with Crippen molar-refractivity contribution in [1.82, 2.24) is 14.5 Å². The van der Waals surface area contributed by atoms with Crippen LogP contribution in [0.1, 0.15) is 31.9 Å². The molecule has 5 rings (SSSR count). The van der Waals surface area contributed by atoms with Gasteiger partial charge in [-0.1, -0.05) is 23.7 Å². The van der Waals surface area contributed by atoms with Gasteiger partial charge in [-0.15, -0.1) is 11.3 Å². The molecular formula is C28H28ClN3O3S. The summed E-state index contributed by atoms with van der Waals surface area (Å²) < 4.78 is 2.96. The van der Waals surface area contributed by atoms with Crippen molar-refractivity contribution in [3.63, 3.8) is 0 Å². The Hall–Kier alpha value is -3.26. The minimum absolute atomic E-state index is 0.0487. The van der Waals surface area contributed by atoms with Gasteiger partial charge >= 0.3 is 5.97 Å². The van der Waals surface area contributed by atoms with Gasteiger partial charge in [-0.25, -0.2) is 9.97 Å². The number of nitrogens with zero attached hydrogens (tertiary/aromatic N) is 3. The van der Waals surface area contributed by atoms with Crippen molar-refractivity contribution < 1.29 is 15.0 Å². The Kier molecular flexibility index (Phi) is 7.18. The minimum atomic E-state index is -0.858. The summed E-state index contributed by atoms with van der Waals surface area (Å²) in [4.78, 5) is 21.0. The molecule has 2 aromatic heterocycles. The number of halogens is 1. The summed E-state index contributed by atoms with van der Waals surface area (Å²) in [7, 11) is 1.97. The molecule has 2 heterocycles. The molecule has 0 spiro atoms. The van der Waals surface area contributed by atoms with Crippen LogP contribution in [0.15, 0.2) is 54.9 Å². The van der Waals surface area contributed by atoms with E-state index >= 15 is 0 Å². The van der Waals surface area contributed by atoms with E-state index in [4.69, 9.17) is 21.7 Å².